The fourth-order valence-corrected chi connectivity index (χ4v) is 5.32. The predicted octanol–water partition coefficient (Wildman–Crippen LogP) is 4.15. The van der Waals surface area contributed by atoms with E-state index in [2.05, 4.69) is 0 Å². The lowest BCUT2D eigenvalue weighted by Crippen LogP contribution is -2.16. The Morgan fingerprint density at radius 2 is 1.00 bits per heavy atom. The van der Waals surface area contributed by atoms with Crippen molar-refractivity contribution in [3.8, 4) is 0 Å². The van der Waals surface area contributed by atoms with Crippen LogP contribution >= 0.6 is 46.4 Å². The van der Waals surface area contributed by atoms with Crippen LogP contribution in [0.2, 0.25) is 0 Å². The molecular weight excluding hydrogens is 250 g/mol. The van der Waals surface area contributed by atoms with Crippen molar-refractivity contribution in [1.82, 2.24) is 0 Å². The Bertz CT molecular complexity index is 235. The lowest BCUT2D eigenvalue weighted by molar-refractivity contribution is 0.368. The molecule has 3 aliphatic rings. The second kappa shape index (κ2) is 2.29. The summed E-state index contributed by atoms with van der Waals surface area (Å²) in [6, 6.07) is 0. The Hall–Kier alpha value is 1.16. The van der Waals surface area contributed by atoms with Crippen LogP contribution in [0.5, 0.6) is 0 Å². The quantitative estimate of drug-likeness (QED) is 0.654. The third kappa shape index (κ3) is 0.840. The van der Waals surface area contributed by atoms with Gasteiger partial charge in [0.15, 0.2) is 8.67 Å². The molecule has 0 saturated heterocycles. The molecule has 0 atom stereocenters. The van der Waals surface area contributed by atoms with E-state index >= 15 is 0 Å². The van der Waals surface area contributed by atoms with Gasteiger partial charge in [-0.15, -0.1) is 0 Å². The third-order valence-corrected chi connectivity index (χ3v) is 6.59. The van der Waals surface area contributed by atoms with E-state index in [9.17, 15) is 0 Å². The minimum Gasteiger partial charge on any atom is -0.0975 e. The summed E-state index contributed by atoms with van der Waals surface area (Å²) >= 11 is 24.9. The number of hydrogen-bond acceptors (Lipinski definition) is 0. The molecule has 0 radical (unpaired) electrons. The van der Waals surface area contributed by atoms with Crippen LogP contribution in [0, 0.1) is 17.3 Å². The van der Waals surface area contributed by atoms with E-state index in [0.29, 0.717) is 11.8 Å². The second-order valence-electron chi connectivity index (χ2n) is 4.57. The van der Waals surface area contributed by atoms with Gasteiger partial charge in [0, 0.05) is 5.41 Å². The first-order valence-electron chi connectivity index (χ1n) is 4.72. The van der Waals surface area contributed by atoms with Gasteiger partial charge in [-0.05, 0) is 37.5 Å². The van der Waals surface area contributed by atoms with Gasteiger partial charge >= 0.3 is 0 Å². The number of rotatable bonds is 2. The molecule has 13 heavy (non-hydrogen) atoms. The summed E-state index contributed by atoms with van der Waals surface area (Å²) in [7, 11) is 0. The zero-order valence-electron chi connectivity index (χ0n) is 6.99. The van der Waals surface area contributed by atoms with Crippen LogP contribution in [0.4, 0.5) is 0 Å². The first-order chi connectivity index (χ1) is 5.96. The van der Waals surface area contributed by atoms with Gasteiger partial charge in [0.2, 0.25) is 0 Å². The van der Waals surface area contributed by atoms with Crippen molar-refractivity contribution < 1.29 is 0 Å². The normalized spacial score (nSPS) is 38.8. The van der Waals surface area contributed by atoms with Crippen molar-refractivity contribution in [3.05, 3.63) is 0 Å². The highest BCUT2D eigenvalue weighted by molar-refractivity contribution is 6.69. The summed E-state index contributed by atoms with van der Waals surface area (Å²) in [5, 5.41) is 0. The van der Waals surface area contributed by atoms with Crippen molar-refractivity contribution in [2.75, 3.05) is 0 Å². The summed E-state index contributed by atoms with van der Waals surface area (Å²) in [6.45, 7) is 0. The van der Waals surface area contributed by atoms with Crippen LogP contribution in [-0.4, -0.2) is 8.67 Å². The van der Waals surface area contributed by atoms with Crippen LogP contribution < -0.4 is 0 Å². The largest absolute Gasteiger partial charge is 0.160 e. The number of halogens is 4. The van der Waals surface area contributed by atoms with Crippen molar-refractivity contribution in [3.63, 3.8) is 0 Å². The zero-order valence-corrected chi connectivity index (χ0v) is 10.0. The maximum absolute atomic E-state index is 6.23. The Morgan fingerprint density at radius 1 is 0.692 bits per heavy atom. The molecule has 3 fully saturated rings. The van der Waals surface area contributed by atoms with Crippen molar-refractivity contribution >= 4 is 46.4 Å². The molecule has 0 N–H and O–H groups in total. The molecule has 0 amide bonds. The van der Waals surface area contributed by atoms with E-state index in [1.165, 1.54) is 25.7 Å². The number of hydrogen-bond donors (Lipinski definition) is 0. The minimum atomic E-state index is -0.897. The average Bonchev–Trinajstić information content (AvgIpc) is 2.81. The Labute approximate surface area is 97.9 Å². The van der Waals surface area contributed by atoms with Crippen LogP contribution in [0.3, 0.4) is 0 Å². The molecule has 3 rings (SSSR count). The highest BCUT2D eigenvalue weighted by Crippen LogP contribution is 2.88. The highest BCUT2D eigenvalue weighted by atomic mass is 35.5. The van der Waals surface area contributed by atoms with Crippen molar-refractivity contribution in [2.45, 2.75) is 34.3 Å². The van der Waals surface area contributed by atoms with Gasteiger partial charge in [0.25, 0.3) is 0 Å². The van der Waals surface area contributed by atoms with Gasteiger partial charge in [0.1, 0.15) is 0 Å². The summed E-state index contributed by atoms with van der Waals surface area (Å²) in [6.07, 6.45) is 4.77. The Morgan fingerprint density at radius 3 is 1.15 bits per heavy atom. The monoisotopic (exact) mass is 258 g/mol. The molecule has 74 valence electrons. The van der Waals surface area contributed by atoms with Crippen LogP contribution in [0.1, 0.15) is 25.7 Å². The summed E-state index contributed by atoms with van der Waals surface area (Å²) in [5.74, 6) is 1.15. The van der Waals surface area contributed by atoms with Crippen LogP contribution in [-0.2, 0) is 0 Å². The maximum atomic E-state index is 6.23. The smallest absolute Gasteiger partial charge is 0.0975 e. The van der Waals surface area contributed by atoms with Gasteiger partial charge in [-0.25, -0.2) is 0 Å². The van der Waals surface area contributed by atoms with Crippen molar-refractivity contribution in [2.24, 2.45) is 17.3 Å². The predicted molar refractivity (Wildman–Crippen MR) is 56.8 cm³/mol. The van der Waals surface area contributed by atoms with E-state index in [1.807, 2.05) is 0 Å². The second-order valence-corrected chi connectivity index (χ2v) is 7.22. The molecule has 0 aliphatic heterocycles. The van der Waals surface area contributed by atoms with E-state index < -0.39 is 8.67 Å². The fourth-order valence-electron chi connectivity index (χ4n) is 2.89. The van der Waals surface area contributed by atoms with E-state index in [1.54, 1.807) is 0 Å². The molecule has 0 aromatic heterocycles. The highest BCUT2D eigenvalue weighted by Gasteiger charge is 2.92. The SMILES string of the molecule is ClC1(Cl)C(Cl)(Cl)C1(C1CC1)C1CC1. The maximum Gasteiger partial charge on any atom is 0.160 e. The zero-order chi connectivity index (χ0) is 9.48. The van der Waals surface area contributed by atoms with Gasteiger partial charge in [-0.3, -0.25) is 0 Å². The summed E-state index contributed by atoms with van der Waals surface area (Å²) < 4.78 is -1.79. The van der Waals surface area contributed by atoms with Gasteiger partial charge in [-0.2, -0.15) is 0 Å². The minimum absolute atomic E-state index is 0.174. The van der Waals surface area contributed by atoms with Crippen LogP contribution in [0.15, 0.2) is 0 Å². The average molecular weight is 260 g/mol. The molecule has 0 unspecified atom stereocenters. The number of alkyl halides is 4. The molecule has 0 bridgehead atoms. The Balaban J connectivity index is 2.02. The van der Waals surface area contributed by atoms with Gasteiger partial charge < -0.3 is 0 Å². The molecular formula is C9H10Cl4. The Kier molecular flexibility index (Phi) is 1.65. The van der Waals surface area contributed by atoms with Gasteiger partial charge in [-0.1, -0.05) is 46.4 Å². The molecule has 3 aliphatic carbocycles. The molecule has 0 aromatic carbocycles. The van der Waals surface area contributed by atoms with Gasteiger partial charge in [0.05, 0.1) is 0 Å². The van der Waals surface area contributed by atoms with E-state index in [0.717, 1.165) is 0 Å². The lowest BCUT2D eigenvalue weighted by atomic mass is 9.94. The molecule has 0 heterocycles. The van der Waals surface area contributed by atoms with Crippen LogP contribution in [0.25, 0.3) is 0 Å². The topological polar surface area (TPSA) is 0 Å². The molecule has 0 aromatic rings. The molecule has 0 nitrogen and oxygen atoms in total. The van der Waals surface area contributed by atoms with Crippen molar-refractivity contribution in [1.29, 1.82) is 0 Å². The first kappa shape index (κ1) is 9.39. The van der Waals surface area contributed by atoms with E-state index in [4.69, 9.17) is 46.4 Å². The first-order valence-corrected chi connectivity index (χ1v) is 6.23. The van der Waals surface area contributed by atoms with E-state index in [-0.39, 0.29) is 5.41 Å². The standard InChI is InChI=1S/C9H10Cl4/c10-8(11)7(5-1-2-5,6-3-4-6)9(8,12)13/h5-6H,1-4H2. The third-order valence-electron chi connectivity index (χ3n) is 3.81. The summed E-state index contributed by atoms with van der Waals surface area (Å²) in [5.41, 5.74) is -0.174. The molecule has 3 saturated carbocycles. The molecule has 0 spiro atoms. The molecule has 4 heteroatoms. The summed E-state index contributed by atoms with van der Waals surface area (Å²) in [4.78, 5) is 0. The fraction of sp³-hybridized carbons (Fsp3) is 1.00. The lowest BCUT2D eigenvalue weighted by Gasteiger charge is -2.15.